The number of rotatable bonds is 7. The number of imidazole rings is 2. The van der Waals surface area contributed by atoms with Gasteiger partial charge in [0.15, 0.2) is 23.0 Å². The number of hydrogen-bond acceptors (Lipinski definition) is 7. The molecular formula is C25H22F3N7O2. The highest BCUT2D eigenvalue weighted by Crippen LogP contribution is 2.33. The Labute approximate surface area is 209 Å². The molecule has 5 rings (SSSR count). The molecule has 0 aliphatic heterocycles. The molecule has 2 N–H and O–H groups in total. The Morgan fingerprint density at radius 2 is 1.78 bits per heavy atom. The van der Waals surface area contributed by atoms with E-state index in [1.165, 1.54) is 17.9 Å². The van der Waals surface area contributed by atoms with Crippen LogP contribution in [-0.4, -0.2) is 43.7 Å². The summed E-state index contributed by atoms with van der Waals surface area (Å²) in [6.45, 7) is 0.402. The molecule has 0 bridgehead atoms. The SMILES string of the molecule is COc1ccc(-c2nc(NCc3ccc(-c4nc(C(F)(F)F)cn4C)cc3)c3[nH]cnc3n2)c(OC)c1. The van der Waals surface area contributed by atoms with E-state index in [1.807, 2.05) is 18.2 Å². The van der Waals surface area contributed by atoms with Gasteiger partial charge in [-0.15, -0.1) is 0 Å². The van der Waals surface area contributed by atoms with Crippen molar-refractivity contribution >= 4 is 17.0 Å². The maximum absolute atomic E-state index is 13.0. The number of nitrogens with zero attached hydrogens (tertiary/aromatic N) is 5. The predicted octanol–water partition coefficient (Wildman–Crippen LogP) is 5.07. The van der Waals surface area contributed by atoms with Crippen LogP contribution in [0.3, 0.4) is 0 Å². The first-order valence-electron chi connectivity index (χ1n) is 11.1. The molecule has 0 fully saturated rings. The molecule has 0 saturated carbocycles. The Balaban J connectivity index is 1.40. The van der Waals surface area contributed by atoms with Crippen LogP contribution in [0, 0.1) is 0 Å². The maximum atomic E-state index is 13.0. The van der Waals surface area contributed by atoms with Gasteiger partial charge >= 0.3 is 6.18 Å². The number of H-pyrrole nitrogens is 1. The number of aryl methyl sites for hydroxylation is 1. The Hall–Kier alpha value is -4.61. The summed E-state index contributed by atoms with van der Waals surface area (Å²) in [5.41, 5.74) is 2.34. The fraction of sp³-hybridized carbons (Fsp3) is 0.200. The lowest BCUT2D eigenvalue weighted by atomic mass is 10.1. The second-order valence-corrected chi connectivity index (χ2v) is 8.17. The van der Waals surface area contributed by atoms with Crippen LogP contribution in [0.4, 0.5) is 19.0 Å². The van der Waals surface area contributed by atoms with Gasteiger partial charge in [0.2, 0.25) is 0 Å². The van der Waals surface area contributed by atoms with E-state index in [0.717, 1.165) is 11.8 Å². The summed E-state index contributed by atoms with van der Waals surface area (Å²) in [5.74, 6) is 2.40. The summed E-state index contributed by atoms with van der Waals surface area (Å²) in [7, 11) is 4.67. The second-order valence-electron chi connectivity index (χ2n) is 8.17. The van der Waals surface area contributed by atoms with Crippen molar-refractivity contribution in [2.45, 2.75) is 12.7 Å². The van der Waals surface area contributed by atoms with E-state index in [0.29, 0.717) is 52.0 Å². The predicted molar refractivity (Wildman–Crippen MR) is 131 cm³/mol. The van der Waals surface area contributed by atoms with E-state index in [1.54, 1.807) is 38.5 Å². The molecule has 0 radical (unpaired) electrons. The van der Waals surface area contributed by atoms with Crippen molar-refractivity contribution in [1.29, 1.82) is 0 Å². The quantitative estimate of drug-likeness (QED) is 0.316. The molecule has 37 heavy (non-hydrogen) atoms. The fourth-order valence-electron chi connectivity index (χ4n) is 3.89. The van der Waals surface area contributed by atoms with Crippen LogP contribution < -0.4 is 14.8 Å². The number of ether oxygens (including phenoxy) is 2. The number of alkyl halides is 3. The van der Waals surface area contributed by atoms with Crippen LogP contribution in [0.15, 0.2) is 55.0 Å². The molecule has 0 saturated heterocycles. The number of anilines is 1. The van der Waals surface area contributed by atoms with Gasteiger partial charge in [-0.2, -0.15) is 13.2 Å². The van der Waals surface area contributed by atoms with Crippen LogP contribution in [0.5, 0.6) is 11.5 Å². The minimum Gasteiger partial charge on any atom is -0.497 e. The minimum atomic E-state index is -4.50. The van der Waals surface area contributed by atoms with Gasteiger partial charge in [-0.1, -0.05) is 24.3 Å². The maximum Gasteiger partial charge on any atom is 0.434 e. The molecule has 0 amide bonds. The Morgan fingerprint density at radius 1 is 1.00 bits per heavy atom. The van der Waals surface area contributed by atoms with E-state index in [9.17, 15) is 13.2 Å². The van der Waals surface area contributed by atoms with Gasteiger partial charge in [-0.3, -0.25) is 0 Å². The van der Waals surface area contributed by atoms with Crippen LogP contribution in [0.1, 0.15) is 11.3 Å². The topological polar surface area (TPSA) is 103 Å². The van der Waals surface area contributed by atoms with Crippen molar-refractivity contribution < 1.29 is 22.6 Å². The summed E-state index contributed by atoms with van der Waals surface area (Å²) in [5, 5.41) is 3.30. The lowest BCUT2D eigenvalue weighted by molar-refractivity contribution is -0.140. The van der Waals surface area contributed by atoms with E-state index in [4.69, 9.17) is 14.5 Å². The third-order valence-electron chi connectivity index (χ3n) is 5.77. The number of aromatic nitrogens is 6. The lowest BCUT2D eigenvalue weighted by Crippen LogP contribution is -2.05. The second kappa shape index (κ2) is 9.45. The average Bonchev–Trinajstić information content (AvgIpc) is 3.53. The van der Waals surface area contributed by atoms with Gasteiger partial charge in [-0.05, 0) is 17.7 Å². The first kappa shape index (κ1) is 24.1. The summed E-state index contributed by atoms with van der Waals surface area (Å²) in [6.07, 6.45) is -1.98. The molecule has 0 unspecified atom stereocenters. The molecule has 0 aliphatic rings. The normalized spacial score (nSPS) is 11.6. The molecular weight excluding hydrogens is 487 g/mol. The molecule has 3 heterocycles. The number of fused-ring (bicyclic) bond motifs is 1. The van der Waals surface area contributed by atoms with E-state index in [2.05, 4.69) is 25.3 Å². The molecule has 190 valence electrons. The molecule has 2 aromatic carbocycles. The van der Waals surface area contributed by atoms with Crippen LogP contribution in [0.2, 0.25) is 0 Å². The van der Waals surface area contributed by atoms with E-state index in [-0.39, 0.29) is 5.82 Å². The van der Waals surface area contributed by atoms with E-state index < -0.39 is 11.9 Å². The Bertz CT molecular complexity index is 1560. The molecule has 9 nitrogen and oxygen atoms in total. The Morgan fingerprint density at radius 3 is 2.46 bits per heavy atom. The monoisotopic (exact) mass is 509 g/mol. The van der Waals surface area contributed by atoms with Crippen LogP contribution >= 0.6 is 0 Å². The highest BCUT2D eigenvalue weighted by molar-refractivity contribution is 5.85. The average molecular weight is 509 g/mol. The largest absolute Gasteiger partial charge is 0.497 e. The third-order valence-corrected chi connectivity index (χ3v) is 5.77. The van der Waals surface area contributed by atoms with Gasteiger partial charge in [-0.25, -0.2) is 19.9 Å². The van der Waals surface area contributed by atoms with Crippen LogP contribution in [-0.2, 0) is 19.8 Å². The smallest absolute Gasteiger partial charge is 0.434 e. The zero-order chi connectivity index (χ0) is 26.2. The van der Waals surface area contributed by atoms with Gasteiger partial charge in [0.05, 0.1) is 26.1 Å². The van der Waals surface area contributed by atoms with Gasteiger partial charge in [0.25, 0.3) is 0 Å². The molecule has 5 aromatic rings. The van der Waals surface area contributed by atoms with Crippen molar-refractivity contribution in [1.82, 2.24) is 29.5 Å². The minimum absolute atomic E-state index is 0.236. The van der Waals surface area contributed by atoms with E-state index >= 15 is 0 Å². The summed E-state index contributed by atoms with van der Waals surface area (Å²) < 4.78 is 51.2. The lowest BCUT2D eigenvalue weighted by Gasteiger charge is -2.12. The van der Waals surface area contributed by atoms with Gasteiger partial charge < -0.3 is 24.3 Å². The van der Waals surface area contributed by atoms with Gasteiger partial charge in [0.1, 0.15) is 22.8 Å². The zero-order valence-electron chi connectivity index (χ0n) is 20.1. The van der Waals surface area contributed by atoms with Crippen molar-refractivity contribution in [3.8, 4) is 34.3 Å². The van der Waals surface area contributed by atoms with Crippen LogP contribution in [0.25, 0.3) is 33.9 Å². The third kappa shape index (κ3) is 4.77. The molecule has 12 heteroatoms. The van der Waals surface area contributed by atoms with Crippen molar-refractivity contribution in [3.63, 3.8) is 0 Å². The van der Waals surface area contributed by atoms with Crippen molar-refractivity contribution in [2.75, 3.05) is 19.5 Å². The summed E-state index contributed by atoms with van der Waals surface area (Å²) in [4.78, 5) is 20.3. The zero-order valence-corrected chi connectivity index (χ0v) is 20.1. The molecule has 0 atom stereocenters. The summed E-state index contributed by atoms with van der Waals surface area (Å²) in [6, 6.07) is 12.5. The first-order chi connectivity index (χ1) is 17.8. The van der Waals surface area contributed by atoms with Crippen molar-refractivity contribution in [3.05, 3.63) is 66.2 Å². The number of nitrogens with one attached hydrogen (secondary N) is 2. The highest BCUT2D eigenvalue weighted by Gasteiger charge is 2.34. The highest BCUT2D eigenvalue weighted by atomic mass is 19.4. The fourth-order valence-corrected chi connectivity index (χ4v) is 3.89. The first-order valence-corrected chi connectivity index (χ1v) is 11.1. The number of halogens is 3. The Kier molecular flexibility index (Phi) is 6.15. The number of aromatic amines is 1. The number of hydrogen-bond donors (Lipinski definition) is 2. The number of methoxy groups -OCH3 is 2. The summed E-state index contributed by atoms with van der Waals surface area (Å²) >= 11 is 0. The molecule has 3 aromatic heterocycles. The van der Waals surface area contributed by atoms with Crippen molar-refractivity contribution in [2.24, 2.45) is 7.05 Å². The standard InChI is InChI=1S/C25H22F3N7O2/c1-35-12-19(25(26,27)28)32-24(35)15-6-4-14(5-7-15)11-29-22-20-23(31-13-30-20)34-21(33-22)17-9-8-16(36-2)10-18(17)37-3/h4-10,12-13H,11H2,1-3H3,(H2,29,30,31,33,34). The molecule has 0 aliphatic carbocycles. The van der Waals surface area contributed by atoms with Gasteiger partial charge in [0, 0.05) is 31.4 Å². The molecule has 0 spiro atoms. The number of benzene rings is 2.